The zero-order chi connectivity index (χ0) is 11.5. The van der Waals surface area contributed by atoms with E-state index in [2.05, 4.69) is 25.6 Å². The van der Waals surface area contributed by atoms with Gasteiger partial charge in [-0.25, -0.2) is 0 Å². The van der Waals surface area contributed by atoms with E-state index in [0.29, 0.717) is 5.92 Å². The summed E-state index contributed by atoms with van der Waals surface area (Å²) in [7, 11) is 0. The first-order valence-electron chi connectivity index (χ1n) is 5.67. The van der Waals surface area contributed by atoms with Crippen LogP contribution in [0.4, 0.5) is 0 Å². The second-order valence-electron chi connectivity index (χ2n) is 4.13. The van der Waals surface area contributed by atoms with E-state index in [1.54, 1.807) is 0 Å². The van der Waals surface area contributed by atoms with Crippen LogP contribution in [0.3, 0.4) is 0 Å². The minimum atomic E-state index is -0.155. The first-order chi connectivity index (χ1) is 7.77. The van der Waals surface area contributed by atoms with Crippen LogP contribution < -0.4 is 0 Å². The van der Waals surface area contributed by atoms with E-state index in [0.717, 1.165) is 12.8 Å². The maximum absolute atomic E-state index is 11.8. The molecule has 2 rings (SSSR count). The van der Waals surface area contributed by atoms with Gasteiger partial charge in [-0.05, 0) is 29.9 Å². The van der Waals surface area contributed by atoms with E-state index in [9.17, 15) is 4.79 Å². The lowest BCUT2D eigenvalue weighted by atomic mass is 9.90. The number of hydrogen-bond donors (Lipinski definition) is 0. The molecule has 0 N–H and O–H groups in total. The molecule has 2 unspecified atom stereocenters. The van der Waals surface area contributed by atoms with Gasteiger partial charge in [-0.2, -0.15) is 0 Å². The van der Waals surface area contributed by atoms with Gasteiger partial charge in [0.2, 0.25) is 0 Å². The fourth-order valence-corrected chi connectivity index (χ4v) is 2.60. The topological polar surface area (TPSA) is 26.3 Å². The SMILES string of the molecule is C=COC(=O)C1Cc2ccccc2C1CC. The second-order valence-corrected chi connectivity index (χ2v) is 4.13. The summed E-state index contributed by atoms with van der Waals surface area (Å²) in [4.78, 5) is 11.8. The molecule has 0 spiro atoms. The van der Waals surface area contributed by atoms with Crippen molar-refractivity contribution in [1.29, 1.82) is 0 Å². The lowest BCUT2D eigenvalue weighted by molar-refractivity contribution is -0.143. The summed E-state index contributed by atoms with van der Waals surface area (Å²) in [5, 5.41) is 0. The summed E-state index contributed by atoms with van der Waals surface area (Å²) in [6.45, 7) is 5.54. The number of esters is 1. The van der Waals surface area contributed by atoms with Gasteiger partial charge in [0.05, 0.1) is 12.2 Å². The Morgan fingerprint density at radius 1 is 1.56 bits per heavy atom. The molecule has 0 saturated carbocycles. The minimum absolute atomic E-state index is 0.0413. The van der Waals surface area contributed by atoms with Crippen LogP contribution in [0.15, 0.2) is 37.1 Å². The highest BCUT2D eigenvalue weighted by Gasteiger charge is 2.36. The highest BCUT2D eigenvalue weighted by Crippen LogP contribution is 2.40. The molecule has 1 aromatic carbocycles. The largest absolute Gasteiger partial charge is 0.435 e. The van der Waals surface area contributed by atoms with Gasteiger partial charge in [0.25, 0.3) is 0 Å². The molecular weight excluding hydrogens is 200 g/mol. The number of hydrogen-bond acceptors (Lipinski definition) is 2. The molecule has 1 aliphatic rings. The molecule has 1 aliphatic carbocycles. The molecule has 0 saturated heterocycles. The molecule has 16 heavy (non-hydrogen) atoms. The summed E-state index contributed by atoms with van der Waals surface area (Å²) < 4.78 is 4.91. The van der Waals surface area contributed by atoms with Crippen molar-refractivity contribution >= 4 is 5.97 Å². The first-order valence-corrected chi connectivity index (χ1v) is 5.67. The maximum atomic E-state index is 11.8. The molecule has 0 bridgehead atoms. The molecule has 0 aromatic heterocycles. The Bertz CT molecular complexity index is 409. The van der Waals surface area contributed by atoms with Gasteiger partial charge in [0, 0.05) is 0 Å². The van der Waals surface area contributed by atoms with E-state index in [-0.39, 0.29) is 11.9 Å². The van der Waals surface area contributed by atoms with Crippen molar-refractivity contribution in [3.05, 3.63) is 48.2 Å². The Balaban J connectivity index is 2.27. The lowest BCUT2D eigenvalue weighted by Crippen LogP contribution is -2.19. The molecule has 1 aromatic rings. The number of carbonyl (C=O) groups is 1. The molecule has 0 fully saturated rings. The minimum Gasteiger partial charge on any atom is -0.435 e. The van der Waals surface area contributed by atoms with Crippen LogP contribution >= 0.6 is 0 Å². The smallest absolute Gasteiger partial charge is 0.314 e. The predicted octanol–water partition coefficient (Wildman–Crippen LogP) is 3.04. The van der Waals surface area contributed by atoms with Crippen LogP contribution in [0, 0.1) is 5.92 Å². The standard InChI is InChI=1S/C14H16O2/c1-3-11-12-8-6-5-7-10(12)9-13(11)14(15)16-4-2/h4-8,11,13H,2-3,9H2,1H3. The van der Waals surface area contributed by atoms with Gasteiger partial charge in [-0.15, -0.1) is 0 Å². The van der Waals surface area contributed by atoms with Crippen LogP contribution in [0.25, 0.3) is 0 Å². The van der Waals surface area contributed by atoms with Gasteiger partial charge >= 0.3 is 5.97 Å². The number of carbonyl (C=O) groups excluding carboxylic acids is 1. The average Bonchev–Trinajstić information content (AvgIpc) is 2.67. The quantitative estimate of drug-likeness (QED) is 0.573. The number of fused-ring (bicyclic) bond motifs is 1. The van der Waals surface area contributed by atoms with E-state index in [1.807, 2.05) is 12.1 Å². The van der Waals surface area contributed by atoms with Gasteiger partial charge in [0.1, 0.15) is 0 Å². The second kappa shape index (κ2) is 4.52. The van der Waals surface area contributed by atoms with Gasteiger partial charge < -0.3 is 4.74 Å². The van der Waals surface area contributed by atoms with Crippen molar-refractivity contribution in [2.45, 2.75) is 25.7 Å². The molecular formula is C14H16O2. The van der Waals surface area contributed by atoms with Crippen molar-refractivity contribution in [2.24, 2.45) is 5.92 Å². The van der Waals surface area contributed by atoms with Crippen LogP contribution in [-0.2, 0) is 16.0 Å². The van der Waals surface area contributed by atoms with E-state index in [1.165, 1.54) is 17.4 Å². The third-order valence-corrected chi connectivity index (χ3v) is 3.32. The molecule has 0 amide bonds. The Labute approximate surface area is 95.9 Å². The third kappa shape index (κ3) is 1.75. The van der Waals surface area contributed by atoms with Crippen LogP contribution in [0.1, 0.15) is 30.4 Å². The third-order valence-electron chi connectivity index (χ3n) is 3.32. The van der Waals surface area contributed by atoms with Crippen LogP contribution in [-0.4, -0.2) is 5.97 Å². The van der Waals surface area contributed by atoms with Gasteiger partial charge in [-0.3, -0.25) is 4.79 Å². The lowest BCUT2D eigenvalue weighted by Gasteiger charge is -2.16. The molecule has 2 atom stereocenters. The average molecular weight is 216 g/mol. The normalized spacial score (nSPS) is 22.6. The summed E-state index contributed by atoms with van der Waals surface area (Å²) >= 11 is 0. The zero-order valence-electron chi connectivity index (χ0n) is 9.48. The van der Waals surface area contributed by atoms with E-state index >= 15 is 0 Å². The Kier molecular flexibility index (Phi) is 3.09. The number of benzene rings is 1. The highest BCUT2D eigenvalue weighted by molar-refractivity contribution is 5.76. The Morgan fingerprint density at radius 3 is 3.00 bits per heavy atom. The summed E-state index contributed by atoms with van der Waals surface area (Å²) in [5.74, 6) is 0.0992. The highest BCUT2D eigenvalue weighted by atomic mass is 16.5. The fraction of sp³-hybridized carbons (Fsp3) is 0.357. The van der Waals surface area contributed by atoms with E-state index in [4.69, 9.17) is 4.74 Å². The Morgan fingerprint density at radius 2 is 2.31 bits per heavy atom. The van der Waals surface area contributed by atoms with Crippen molar-refractivity contribution in [3.8, 4) is 0 Å². The van der Waals surface area contributed by atoms with Gasteiger partial charge in [-0.1, -0.05) is 37.8 Å². The van der Waals surface area contributed by atoms with Crippen LogP contribution in [0.5, 0.6) is 0 Å². The zero-order valence-corrected chi connectivity index (χ0v) is 9.48. The molecule has 84 valence electrons. The molecule has 2 nitrogen and oxygen atoms in total. The number of rotatable bonds is 3. The summed E-state index contributed by atoms with van der Waals surface area (Å²) in [6, 6.07) is 8.26. The fourth-order valence-electron chi connectivity index (χ4n) is 2.60. The van der Waals surface area contributed by atoms with Crippen molar-refractivity contribution in [2.75, 3.05) is 0 Å². The summed E-state index contributed by atoms with van der Waals surface area (Å²) in [6.07, 6.45) is 2.98. The summed E-state index contributed by atoms with van der Waals surface area (Å²) in [5.41, 5.74) is 2.58. The molecule has 0 aliphatic heterocycles. The molecule has 2 heteroatoms. The van der Waals surface area contributed by atoms with E-state index < -0.39 is 0 Å². The predicted molar refractivity (Wildman–Crippen MR) is 63.0 cm³/mol. The first kappa shape index (κ1) is 10.9. The van der Waals surface area contributed by atoms with Crippen molar-refractivity contribution in [3.63, 3.8) is 0 Å². The molecule has 0 radical (unpaired) electrons. The maximum Gasteiger partial charge on any atom is 0.314 e. The van der Waals surface area contributed by atoms with Gasteiger partial charge in [0.15, 0.2) is 0 Å². The Hall–Kier alpha value is -1.57. The van der Waals surface area contributed by atoms with Crippen LogP contribution in [0.2, 0.25) is 0 Å². The van der Waals surface area contributed by atoms with Crippen molar-refractivity contribution in [1.82, 2.24) is 0 Å². The van der Waals surface area contributed by atoms with Crippen molar-refractivity contribution < 1.29 is 9.53 Å². The number of ether oxygens (including phenoxy) is 1. The molecule has 0 heterocycles. The monoisotopic (exact) mass is 216 g/mol.